The Morgan fingerprint density at radius 2 is 1.95 bits per heavy atom. The molecule has 1 amide bonds. The molecule has 0 N–H and O–H groups in total. The third-order valence-electron chi connectivity index (χ3n) is 3.07. The number of fused-ring (bicyclic) bond motifs is 1. The van der Waals surface area contributed by atoms with Gasteiger partial charge in [0.15, 0.2) is 11.5 Å². The Kier molecular flexibility index (Phi) is 4.32. The summed E-state index contributed by atoms with van der Waals surface area (Å²) >= 11 is 5.69. The summed E-state index contributed by atoms with van der Waals surface area (Å²) < 4.78 is 10.5. The van der Waals surface area contributed by atoms with Crippen LogP contribution >= 0.6 is 11.6 Å². The van der Waals surface area contributed by atoms with Gasteiger partial charge in [0.1, 0.15) is 0 Å². The molecule has 0 atom stereocenters. The van der Waals surface area contributed by atoms with E-state index in [4.69, 9.17) is 21.1 Å². The van der Waals surface area contributed by atoms with Crippen LogP contribution in [0.15, 0.2) is 18.3 Å². The maximum absolute atomic E-state index is 12.1. The molecule has 19 heavy (non-hydrogen) atoms. The zero-order chi connectivity index (χ0) is 13.8. The van der Waals surface area contributed by atoms with Crippen LogP contribution in [0.25, 0.3) is 6.08 Å². The van der Waals surface area contributed by atoms with Crippen molar-refractivity contribution in [3.8, 4) is 11.5 Å². The molecule has 5 heteroatoms. The Morgan fingerprint density at radius 3 is 2.58 bits per heavy atom. The summed E-state index contributed by atoms with van der Waals surface area (Å²) in [7, 11) is 3.17. The van der Waals surface area contributed by atoms with Crippen molar-refractivity contribution in [2.45, 2.75) is 6.42 Å². The van der Waals surface area contributed by atoms with Gasteiger partial charge >= 0.3 is 0 Å². The molecule has 1 aliphatic rings. The zero-order valence-corrected chi connectivity index (χ0v) is 11.7. The monoisotopic (exact) mass is 281 g/mol. The van der Waals surface area contributed by atoms with Gasteiger partial charge in [-0.1, -0.05) is 0 Å². The first-order chi connectivity index (χ1) is 9.19. The van der Waals surface area contributed by atoms with Crippen molar-refractivity contribution in [1.82, 2.24) is 4.90 Å². The number of halogens is 1. The van der Waals surface area contributed by atoms with Gasteiger partial charge in [0.05, 0.1) is 20.6 Å². The molecule has 1 aromatic rings. The fraction of sp³-hybridized carbons (Fsp3) is 0.357. The van der Waals surface area contributed by atoms with Gasteiger partial charge in [-0.3, -0.25) is 4.79 Å². The Morgan fingerprint density at radius 1 is 1.26 bits per heavy atom. The standard InChI is InChI=1S/C14H16ClNO3/c1-18-12-7-10-3-5-16(6-4-15)14(17)9-11(10)8-13(12)19-2/h3,5,7-8H,4,6,9H2,1-2H3. The van der Waals surface area contributed by atoms with E-state index in [1.165, 1.54) is 0 Å². The molecular weight excluding hydrogens is 266 g/mol. The number of hydrogen-bond acceptors (Lipinski definition) is 3. The molecule has 4 nitrogen and oxygen atoms in total. The van der Waals surface area contributed by atoms with Crippen LogP contribution < -0.4 is 9.47 Å². The third-order valence-corrected chi connectivity index (χ3v) is 3.24. The summed E-state index contributed by atoms with van der Waals surface area (Å²) in [4.78, 5) is 13.7. The number of amides is 1. The first-order valence-corrected chi connectivity index (χ1v) is 6.51. The molecule has 2 rings (SSSR count). The maximum atomic E-state index is 12.1. The second-order valence-electron chi connectivity index (χ2n) is 4.17. The van der Waals surface area contributed by atoms with E-state index in [-0.39, 0.29) is 5.91 Å². The highest BCUT2D eigenvalue weighted by Gasteiger charge is 2.18. The predicted octanol–water partition coefficient (Wildman–Crippen LogP) is 2.30. The van der Waals surface area contributed by atoms with Crippen LogP contribution in [0.2, 0.25) is 0 Å². The maximum Gasteiger partial charge on any atom is 0.230 e. The van der Waals surface area contributed by atoms with E-state index in [1.54, 1.807) is 25.3 Å². The number of carbonyl (C=O) groups excluding carboxylic acids is 1. The molecule has 0 bridgehead atoms. The number of rotatable bonds is 4. The lowest BCUT2D eigenvalue weighted by atomic mass is 10.0. The van der Waals surface area contributed by atoms with E-state index in [1.807, 2.05) is 18.2 Å². The molecule has 0 unspecified atom stereocenters. The van der Waals surface area contributed by atoms with Crippen molar-refractivity contribution in [2.75, 3.05) is 26.6 Å². The third kappa shape index (κ3) is 2.84. The van der Waals surface area contributed by atoms with Gasteiger partial charge in [0.2, 0.25) is 5.91 Å². The predicted molar refractivity (Wildman–Crippen MR) is 74.7 cm³/mol. The van der Waals surface area contributed by atoms with Crippen molar-refractivity contribution >= 4 is 23.6 Å². The SMILES string of the molecule is COc1cc2c(cc1OC)CC(=O)N(CCCl)C=C2. The van der Waals surface area contributed by atoms with Gasteiger partial charge in [0.25, 0.3) is 0 Å². The average Bonchev–Trinajstić information content (AvgIpc) is 2.57. The highest BCUT2D eigenvalue weighted by molar-refractivity contribution is 6.18. The van der Waals surface area contributed by atoms with E-state index in [2.05, 4.69) is 0 Å². The minimum Gasteiger partial charge on any atom is -0.493 e. The van der Waals surface area contributed by atoms with E-state index in [0.717, 1.165) is 11.1 Å². The summed E-state index contributed by atoms with van der Waals surface area (Å²) in [5.74, 6) is 1.74. The zero-order valence-electron chi connectivity index (χ0n) is 11.0. The summed E-state index contributed by atoms with van der Waals surface area (Å²) in [5.41, 5.74) is 1.89. The molecule has 1 aromatic carbocycles. The second kappa shape index (κ2) is 5.97. The smallest absolute Gasteiger partial charge is 0.230 e. The van der Waals surface area contributed by atoms with Crippen molar-refractivity contribution in [2.24, 2.45) is 0 Å². The van der Waals surface area contributed by atoms with Gasteiger partial charge in [0, 0.05) is 18.6 Å². The van der Waals surface area contributed by atoms with Crippen LogP contribution in [0, 0.1) is 0 Å². The van der Waals surface area contributed by atoms with Crippen LogP contribution in [0.1, 0.15) is 11.1 Å². The summed E-state index contributed by atoms with van der Waals surface area (Å²) in [5, 5.41) is 0. The molecule has 102 valence electrons. The van der Waals surface area contributed by atoms with Gasteiger partial charge < -0.3 is 14.4 Å². The topological polar surface area (TPSA) is 38.8 Å². The molecule has 0 aromatic heterocycles. The van der Waals surface area contributed by atoms with E-state index >= 15 is 0 Å². The van der Waals surface area contributed by atoms with Crippen molar-refractivity contribution < 1.29 is 14.3 Å². The Labute approximate surface area is 117 Å². The number of benzene rings is 1. The molecule has 0 saturated carbocycles. The first-order valence-electron chi connectivity index (χ1n) is 5.98. The van der Waals surface area contributed by atoms with Gasteiger partial charge in [-0.15, -0.1) is 11.6 Å². The van der Waals surface area contributed by atoms with Crippen LogP contribution in [0.4, 0.5) is 0 Å². The molecule has 0 fully saturated rings. The fourth-order valence-electron chi connectivity index (χ4n) is 2.05. The lowest BCUT2D eigenvalue weighted by Crippen LogP contribution is -2.28. The highest BCUT2D eigenvalue weighted by atomic mass is 35.5. The number of carbonyl (C=O) groups is 1. The summed E-state index contributed by atoms with van der Waals surface area (Å²) in [6.45, 7) is 0.513. The Hall–Kier alpha value is -1.68. The normalized spacial score (nSPS) is 14.1. The van der Waals surface area contributed by atoms with E-state index in [0.29, 0.717) is 30.3 Å². The van der Waals surface area contributed by atoms with Gasteiger partial charge in [-0.25, -0.2) is 0 Å². The van der Waals surface area contributed by atoms with E-state index in [9.17, 15) is 4.79 Å². The van der Waals surface area contributed by atoms with Crippen LogP contribution in [0.5, 0.6) is 11.5 Å². The Bertz CT molecular complexity index is 514. The quantitative estimate of drug-likeness (QED) is 0.795. The molecule has 1 aliphatic heterocycles. The van der Waals surface area contributed by atoms with Gasteiger partial charge in [-0.2, -0.15) is 0 Å². The molecule has 1 heterocycles. The second-order valence-corrected chi connectivity index (χ2v) is 4.55. The molecule has 0 radical (unpaired) electrons. The van der Waals surface area contributed by atoms with Crippen molar-refractivity contribution in [1.29, 1.82) is 0 Å². The number of alkyl halides is 1. The van der Waals surface area contributed by atoms with Crippen LogP contribution in [-0.2, 0) is 11.2 Å². The number of ether oxygens (including phenoxy) is 2. The van der Waals surface area contributed by atoms with Crippen LogP contribution in [0.3, 0.4) is 0 Å². The Balaban J connectivity index is 2.39. The highest BCUT2D eigenvalue weighted by Crippen LogP contribution is 2.32. The molecule has 0 spiro atoms. The summed E-state index contributed by atoms with van der Waals surface area (Å²) in [6, 6.07) is 3.72. The fourth-order valence-corrected chi connectivity index (χ4v) is 2.24. The number of methoxy groups -OCH3 is 2. The number of hydrogen-bond donors (Lipinski definition) is 0. The van der Waals surface area contributed by atoms with E-state index < -0.39 is 0 Å². The molecule has 0 saturated heterocycles. The minimum atomic E-state index is 0.0304. The molecule has 0 aliphatic carbocycles. The summed E-state index contributed by atoms with van der Waals surface area (Å²) in [6.07, 6.45) is 4.00. The first kappa shape index (κ1) is 13.7. The van der Waals surface area contributed by atoms with Crippen LogP contribution in [-0.4, -0.2) is 37.5 Å². The largest absolute Gasteiger partial charge is 0.493 e. The number of nitrogens with zero attached hydrogens (tertiary/aromatic N) is 1. The lowest BCUT2D eigenvalue weighted by Gasteiger charge is -2.15. The average molecular weight is 282 g/mol. The van der Waals surface area contributed by atoms with Crippen molar-refractivity contribution in [3.05, 3.63) is 29.5 Å². The molecular formula is C14H16ClNO3. The van der Waals surface area contributed by atoms with Crippen molar-refractivity contribution in [3.63, 3.8) is 0 Å². The lowest BCUT2D eigenvalue weighted by molar-refractivity contribution is -0.127. The van der Waals surface area contributed by atoms with Gasteiger partial charge in [-0.05, 0) is 29.3 Å². The minimum absolute atomic E-state index is 0.0304.